The molecule has 0 radical (unpaired) electrons. The van der Waals surface area contributed by atoms with Crippen LogP contribution in [0.4, 0.5) is 10.1 Å². The smallest absolute Gasteiger partial charge is 0.251 e. The van der Waals surface area contributed by atoms with Crippen LogP contribution in [0.2, 0.25) is 0 Å². The van der Waals surface area contributed by atoms with Gasteiger partial charge >= 0.3 is 0 Å². The van der Waals surface area contributed by atoms with E-state index in [4.69, 9.17) is 4.74 Å². The lowest BCUT2D eigenvalue weighted by molar-refractivity contribution is -0.118. The fourth-order valence-corrected chi connectivity index (χ4v) is 2.67. The topological polar surface area (TPSA) is 58.6 Å². The second kappa shape index (κ2) is 7.34. The normalized spacial score (nSPS) is 13.7. The quantitative estimate of drug-likeness (QED) is 0.929. The molecule has 2 aromatic carbocycles. The molecular formula is C19H19FN2O3. The number of carbonyl (C=O) groups excluding carboxylic acids is 2. The zero-order valence-corrected chi connectivity index (χ0v) is 13.9. The van der Waals surface area contributed by atoms with Crippen molar-refractivity contribution in [3.63, 3.8) is 0 Å². The molecule has 1 aliphatic heterocycles. The molecule has 0 atom stereocenters. The Hall–Kier alpha value is -2.89. The van der Waals surface area contributed by atoms with Gasteiger partial charge in [-0.1, -0.05) is 12.1 Å². The molecule has 0 aliphatic carbocycles. The molecule has 6 heteroatoms. The fourth-order valence-electron chi connectivity index (χ4n) is 2.67. The molecule has 0 unspecified atom stereocenters. The third-order valence-electron chi connectivity index (χ3n) is 4.14. The van der Waals surface area contributed by atoms with Crippen molar-refractivity contribution in [3.05, 3.63) is 59.4 Å². The van der Waals surface area contributed by atoms with Gasteiger partial charge in [0.2, 0.25) is 5.91 Å². The first-order chi connectivity index (χ1) is 12.0. The minimum Gasteiger partial charge on any atom is -0.491 e. The summed E-state index contributed by atoms with van der Waals surface area (Å²) in [6.45, 7) is 0.770. The van der Waals surface area contributed by atoms with Crippen LogP contribution in [-0.2, 0) is 11.2 Å². The van der Waals surface area contributed by atoms with Crippen LogP contribution in [0.15, 0.2) is 42.5 Å². The predicted octanol–water partition coefficient (Wildman–Crippen LogP) is 2.54. The first-order valence-electron chi connectivity index (χ1n) is 8.10. The molecule has 2 aromatic rings. The molecule has 2 amide bonds. The van der Waals surface area contributed by atoms with E-state index in [9.17, 15) is 14.0 Å². The number of ether oxygens (including phenoxy) is 1. The maximum atomic E-state index is 12.9. The maximum Gasteiger partial charge on any atom is 0.251 e. The average Bonchev–Trinajstić information content (AvgIpc) is 2.75. The standard InChI is InChI=1S/C19H19FN2O3/c1-22-16-12-14(4-7-17(16)25-11-9-18(22)23)19(24)21-10-8-13-2-5-15(20)6-3-13/h2-7,12H,8-11H2,1H3,(H,21,24). The third kappa shape index (κ3) is 3.96. The molecule has 25 heavy (non-hydrogen) atoms. The second-order valence-corrected chi connectivity index (χ2v) is 5.87. The molecule has 1 aliphatic rings. The number of hydrogen-bond acceptors (Lipinski definition) is 3. The minimum atomic E-state index is -0.279. The van der Waals surface area contributed by atoms with E-state index in [0.717, 1.165) is 5.56 Å². The first-order valence-corrected chi connectivity index (χ1v) is 8.10. The van der Waals surface area contributed by atoms with Crippen molar-refractivity contribution in [3.8, 4) is 5.75 Å². The Morgan fingerprint density at radius 1 is 1.24 bits per heavy atom. The van der Waals surface area contributed by atoms with E-state index in [1.54, 1.807) is 37.4 Å². The van der Waals surface area contributed by atoms with E-state index >= 15 is 0 Å². The largest absolute Gasteiger partial charge is 0.491 e. The zero-order chi connectivity index (χ0) is 17.8. The van der Waals surface area contributed by atoms with Gasteiger partial charge in [-0.3, -0.25) is 9.59 Å². The lowest BCUT2D eigenvalue weighted by Crippen LogP contribution is -2.27. The van der Waals surface area contributed by atoms with Crippen molar-refractivity contribution >= 4 is 17.5 Å². The molecule has 1 N–H and O–H groups in total. The van der Waals surface area contributed by atoms with E-state index in [2.05, 4.69) is 5.32 Å². The summed E-state index contributed by atoms with van der Waals surface area (Å²) < 4.78 is 18.4. The highest BCUT2D eigenvalue weighted by Gasteiger charge is 2.21. The molecule has 0 fully saturated rings. The van der Waals surface area contributed by atoms with Crippen molar-refractivity contribution in [1.82, 2.24) is 5.32 Å². The van der Waals surface area contributed by atoms with E-state index < -0.39 is 0 Å². The summed E-state index contributed by atoms with van der Waals surface area (Å²) in [6.07, 6.45) is 0.919. The Labute approximate surface area is 145 Å². The van der Waals surface area contributed by atoms with Crippen LogP contribution in [0.3, 0.4) is 0 Å². The van der Waals surface area contributed by atoms with Crippen LogP contribution in [0, 0.1) is 5.82 Å². The zero-order valence-electron chi connectivity index (χ0n) is 13.9. The van der Waals surface area contributed by atoms with Crippen LogP contribution < -0.4 is 15.0 Å². The van der Waals surface area contributed by atoms with Crippen molar-refractivity contribution in [1.29, 1.82) is 0 Å². The summed E-state index contributed by atoms with van der Waals surface area (Å²) in [6, 6.07) is 11.2. The average molecular weight is 342 g/mol. The highest BCUT2D eigenvalue weighted by Crippen LogP contribution is 2.31. The van der Waals surface area contributed by atoms with Gasteiger partial charge in [-0.25, -0.2) is 4.39 Å². The van der Waals surface area contributed by atoms with Crippen molar-refractivity contribution in [2.75, 3.05) is 25.1 Å². The Morgan fingerprint density at radius 2 is 2.00 bits per heavy atom. The van der Waals surface area contributed by atoms with Gasteiger partial charge in [-0.2, -0.15) is 0 Å². The van der Waals surface area contributed by atoms with Crippen molar-refractivity contribution in [2.24, 2.45) is 0 Å². The van der Waals surface area contributed by atoms with Gasteiger partial charge in [0, 0.05) is 19.2 Å². The van der Waals surface area contributed by atoms with E-state index in [0.29, 0.717) is 43.0 Å². The minimum absolute atomic E-state index is 0.0485. The van der Waals surface area contributed by atoms with Crippen LogP contribution in [-0.4, -0.2) is 32.0 Å². The van der Waals surface area contributed by atoms with Crippen LogP contribution in [0.1, 0.15) is 22.3 Å². The molecule has 0 bridgehead atoms. The lowest BCUT2D eigenvalue weighted by Gasteiger charge is -2.17. The first kappa shape index (κ1) is 17.0. The third-order valence-corrected chi connectivity index (χ3v) is 4.14. The summed E-state index contributed by atoms with van der Waals surface area (Å²) >= 11 is 0. The van der Waals surface area contributed by atoms with E-state index in [1.807, 2.05) is 0 Å². The molecule has 3 rings (SSSR count). The molecule has 0 saturated heterocycles. The maximum absolute atomic E-state index is 12.9. The number of fused-ring (bicyclic) bond motifs is 1. The van der Waals surface area contributed by atoms with E-state index in [1.165, 1.54) is 17.0 Å². The SMILES string of the molecule is CN1C(=O)CCOc2ccc(C(=O)NCCc3ccc(F)cc3)cc21. The summed E-state index contributed by atoms with van der Waals surface area (Å²) in [5, 5.41) is 2.83. The monoisotopic (exact) mass is 342 g/mol. The van der Waals surface area contributed by atoms with Crippen molar-refractivity contribution < 1.29 is 18.7 Å². The number of benzene rings is 2. The molecule has 5 nitrogen and oxygen atoms in total. The Kier molecular flexibility index (Phi) is 4.97. The van der Waals surface area contributed by atoms with Gasteiger partial charge < -0.3 is 15.0 Å². The molecule has 0 spiro atoms. The second-order valence-electron chi connectivity index (χ2n) is 5.87. The fraction of sp³-hybridized carbons (Fsp3) is 0.263. The van der Waals surface area contributed by atoms with Gasteiger partial charge in [0.05, 0.1) is 18.7 Å². The molecule has 130 valence electrons. The Bertz CT molecular complexity index is 790. The number of nitrogens with one attached hydrogen (secondary N) is 1. The Balaban J connectivity index is 1.65. The summed E-state index contributed by atoms with van der Waals surface area (Å²) in [4.78, 5) is 25.8. The van der Waals surface area contributed by atoms with Crippen LogP contribution in [0.25, 0.3) is 0 Å². The number of halogens is 1. The highest BCUT2D eigenvalue weighted by molar-refractivity contribution is 5.99. The highest BCUT2D eigenvalue weighted by atomic mass is 19.1. The van der Waals surface area contributed by atoms with Gasteiger partial charge in [-0.15, -0.1) is 0 Å². The van der Waals surface area contributed by atoms with Gasteiger partial charge in [0.15, 0.2) is 0 Å². The molecule has 1 heterocycles. The Morgan fingerprint density at radius 3 is 2.76 bits per heavy atom. The summed E-state index contributed by atoms with van der Waals surface area (Å²) in [5.74, 6) is 0.0393. The number of hydrogen-bond donors (Lipinski definition) is 1. The molecular weight excluding hydrogens is 323 g/mol. The van der Waals surface area contributed by atoms with Gasteiger partial charge in [0.1, 0.15) is 11.6 Å². The van der Waals surface area contributed by atoms with Crippen LogP contribution in [0.5, 0.6) is 5.75 Å². The summed E-state index contributed by atoms with van der Waals surface area (Å²) in [5.41, 5.74) is 2.00. The number of nitrogens with zero attached hydrogens (tertiary/aromatic N) is 1. The number of carbonyl (C=O) groups is 2. The molecule has 0 saturated carbocycles. The number of rotatable bonds is 4. The summed E-state index contributed by atoms with van der Waals surface area (Å²) in [7, 11) is 1.67. The van der Waals surface area contributed by atoms with E-state index in [-0.39, 0.29) is 17.6 Å². The predicted molar refractivity (Wildman–Crippen MR) is 92.4 cm³/mol. The number of amides is 2. The van der Waals surface area contributed by atoms with Crippen LogP contribution >= 0.6 is 0 Å². The van der Waals surface area contributed by atoms with Crippen molar-refractivity contribution in [2.45, 2.75) is 12.8 Å². The van der Waals surface area contributed by atoms with Gasteiger partial charge in [-0.05, 0) is 42.3 Å². The van der Waals surface area contributed by atoms with Gasteiger partial charge in [0.25, 0.3) is 5.91 Å². The molecule has 0 aromatic heterocycles. The lowest BCUT2D eigenvalue weighted by atomic mass is 10.1. The number of anilines is 1.